The number of nitrogens with two attached hydrogens (primary N) is 1. The molecule has 1 aromatic rings. The van der Waals surface area contributed by atoms with Gasteiger partial charge in [0.2, 0.25) is 0 Å². The first-order valence-electron chi connectivity index (χ1n) is 8.75. The summed E-state index contributed by atoms with van der Waals surface area (Å²) in [7, 11) is -3.41. The second-order valence-electron chi connectivity index (χ2n) is 6.45. The van der Waals surface area contributed by atoms with Gasteiger partial charge in [-0.15, -0.1) is 0 Å². The van der Waals surface area contributed by atoms with Crippen LogP contribution in [0.15, 0.2) is 18.3 Å². The van der Waals surface area contributed by atoms with Crippen molar-refractivity contribution in [2.75, 3.05) is 44.2 Å². The van der Waals surface area contributed by atoms with Gasteiger partial charge in [-0.05, 0) is 31.4 Å². The number of hydrogen-bond acceptors (Lipinski definition) is 5. The second kappa shape index (κ2) is 7.67. The van der Waals surface area contributed by atoms with Crippen molar-refractivity contribution in [3.8, 4) is 0 Å². The van der Waals surface area contributed by atoms with Crippen LogP contribution in [0.2, 0.25) is 0 Å². The van der Waals surface area contributed by atoms with Crippen molar-refractivity contribution in [3.63, 3.8) is 0 Å². The molecule has 0 atom stereocenters. The van der Waals surface area contributed by atoms with Gasteiger partial charge in [0.15, 0.2) is 0 Å². The molecule has 138 valence electrons. The quantitative estimate of drug-likeness (QED) is 0.831. The molecule has 3 heterocycles. The number of anilines is 1. The van der Waals surface area contributed by atoms with E-state index in [4.69, 9.17) is 5.73 Å². The van der Waals surface area contributed by atoms with Gasteiger partial charge in [0.1, 0.15) is 5.82 Å². The monoisotopic (exact) mass is 367 g/mol. The van der Waals surface area contributed by atoms with Crippen LogP contribution in [0.5, 0.6) is 0 Å². The molecule has 0 aromatic carbocycles. The normalized spacial score (nSPS) is 21.0. The van der Waals surface area contributed by atoms with E-state index in [1.165, 1.54) is 0 Å². The zero-order chi connectivity index (χ0) is 17.9. The van der Waals surface area contributed by atoms with E-state index >= 15 is 0 Å². The Labute approximate surface area is 148 Å². The van der Waals surface area contributed by atoms with Crippen molar-refractivity contribution in [2.24, 2.45) is 5.73 Å². The summed E-state index contributed by atoms with van der Waals surface area (Å²) in [5.41, 5.74) is 5.81. The van der Waals surface area contributed by atoms with Gasteiger partial charge in [0.25, 0.3) is 16.1 Å². The van der Waals surface area contributed by atoms with Crippen molar-refractivity contribution >= 4 is 21.9 Å². The number of piperidine rings is 1. The first-order valence-corrected chi connectivity index (χ1v) is 10.1. The molecule has 0 spiro atoms. The Kier molecular flexibility index (Phi) is 5.55. The molecule has 0 aliphatic carbocycles. The third kappa shape index (κ3) is 3.94. The lowest BCUT2D eigenvalue weighted by Crippen LogP contribution is -2.47. The lowest BCUT2D eigenvalue weighted by molar-refractivity contribution is 0.100. The number of pyridine rings is 1. The van der Waals surface area contributed by atoms with E-state index in [0.29, 0.717) is 57.1 Å². The van der Waals surface area contributed by atoms with Gasteiger partial charge in [0, 0.05) is 45.5 Å². The van der Waals surface area contributed by atoms with Crippen LogP contribution in [0.1, 0.15) is 36.0 Å². The van der Waals surface area contributed by atoms with E-state index in [-0.39, 0.29) is 0 Å². The van der Waals surface area contributed by atoms with E-state index in [2.05, 4.69) is 4.98 Å². The van der Waals surface area contributed by atoms with Crippen molar-refractivity contribution < 1.29 is 13.2 Å². The van der Waals surface area contributed by atoms with E-state index in [1.807, 2.05) is 4.90 Å². The van der Waals surface area contributed by atoms with Gasteiger partial charge in [-0.25, -0.2) is 4.98 Å². The molecule has 0 unspecified atom stereocenters. The van der Waals surface area contributed by atoms with Crippen molar-refractivity contribution in [3.05, 3.63) is 23.9 Å². The maximum absolute atomic E-state index is 12.9. The predicted molar refractivity (Wildman–Crippen MR) is 95.5 cm³/mol. The third-order valence-corrected chi connectivity index (χ3v) is 6.81. The van der Waals surface area contributed by atoms with Crippen LogP contribution in [-0.2, 0) is 10.2 Å². The summed E-state index contributed by atoms with van der Waals surface area (Å²) < 4.78 is 28.9. The van der Waals surface area contributed by atoms with Crippen LogP contribution in [0, 0.1) is 0 Å². The summed E-state index contributed by atoms with van der Waals surface area (Å²) in [6.07, 6.45) is 5.25. The van der Waals surface area contributed by atoms with Crippen LogP contribution >= 0.6 is 0 Å². The molecule has 9 heteroatoms. The van der Waals surface area contributed by atoms with Crippen LogP contribution in [0.4, 0.5) is 5.82 Å². The fourth-order valence-corrected chi connectivity index (χ4v) is 5.15. The minimum absolute atomic E-state index is 0.370. The van der Waals surface area contributed by atoms with E-state index in [9.17, 15) is 13.2 Å². The second-order valence-corrected chi connectivity index (χ2v) is 8.37. The molecule has 1 amide bonds. The molecule has 2 aliphatic heterocycles. The SMILES string of the molecule is NC(=O)c1cccnc1N1CCCN(S(=O)(=O)N2CCCCC2)CC1. The van der Waals surface area contributed by atoms with E-state index in [1.54, 1.807) is 26.9 Å². The third-order valence-electron chi connectivity index (χ3n) is 4.77. The Balaban J connectivity index is 1.73. The highest BCUT2D eigenvalue weighted by atomic mass is 32.2. The first-order chi connectivity index (χ1) is 12.0. The van der Waals surface area contributed by atoms with Gasteiger partial charge in [-0.1, -0.05) is 6.42 Å². The topological polar surface area (TPSA) is 99.8 Å². The minimum atomic E-state index is -3.41. The molecular weight excluding hydrogens is 342 g/mol. The van der Waals surface area contributed by atoms with Crippen molar-refractivity contribution in [2.45, 2.75) is 25.7 Å². The molecule has 3 rings (SSSR count). The zero-order valence-corrected chi connectivity index (χ0v) is 15.1. The average molecular weight is 367 g/mol. The Bertz CT molecular complexity index is 718. The standard InChI is InChI=1S/C16H25N5O3S/c17-15(22)14-6-4-7-18-16(14)19-8-5-11-21(13-12-19)25(23,24)20-9-2-1-3-10-20/h4,6-7H,1-3,5,8-13H2,(H2,17,22). The lowest BCUT2D eigenvalue weighted by atomic mass is 10.2. The Hall–Kier alpha value is -1.71. The highest BCUT2D eigenvalue weighted by Gasteiger charge is 2.32. The number of amides is 1. The van der Waals surface area contributed by atoms with Gasteiger partial charge in [-0.2, -0.15) is 17.0 Å². The van der Waals surface area contributed by atoms with Gasteiger partial charge in [-0.3, -0.25) is 4.79 Å². The number of nitrogens with zero attached hydrogens (tertiary/aromatic N) is 4. The smallest absolute Gasteiger partial charge is 0.282 e. The summed E-state index contributed by atoms with van der Waals surface area (Å²) in [6.45, 7) is 3.21. The average Bonchev–Trinajstić information content (AvgIpc) is 2.89. The number of aromatic nitrogens is 1. The highest BCUT2D eigenvalue weighted by molar-refractivity contribution is 7.86. The number of carbonyl (C=O) groups is 1. The zero-order valence-electron chi connectivity index (χ0n) is 14.3. The molecule has 2 fully saturated rings. The Morgan fingerprint density at radius 1 is 0.960 bits per heavy atom. The highest BCUT2D eigenvalue weighted by Crippen LogP contribution is 2.22. The van der Waals surface area contributed by atoms with Gasteiger partial charge >= 0.3 is 0 Å². The fourth-order valence-electron chi connectivity index (χ4n) is 3.44. The molecule has 0 saturated carbocycles. The number of carbonyl (C=O) groups excluding carboxylic acids is 1. The van der Waals surface area contributed by atoms with Crippen LogP contribution in [0.3, 0.4) is 0 Å². The van der Waals surface area contributed by atoms with Crippen molar-refractivity contribution in [1.82, 2.24) is 13.6 Å². The van der Waals surface area contributed by atoms with Gasteiger partial charge < -0.3 is 10.6 Å². The molecule has 1 aromatic heterocycles. The van der Waals surface area contributed by atoms with Crippen LogP contribution in [0.25, 0.3) is 0 Å². The summed E-state index contributed by atoms with van der Waals surface area (Å²) >= 11 is 0. The van der Waals surface area contributed by atoms with E-state index < -0.39 is 16.1 Å². The number of hydrogen-bond donors (Lipinski definition) is 1. The van der Waals surface area contributed by atoms with E-state index in [0.717, 1.165) is 19.3 Å². The van der Waals surface area contributed by atoms with Crippen LogP contribution < -0.4 is 10.6 Å². The van der Waals surface area contributed by atoms with Crippen LogP contribution in [-0.4, -0.2) is 67.2 Å². The maximum Gasteiger partial charge on any atom is 0.282 e. The lowest BCUT2D eigenvalue weighted by Gasteiger charge is -2.31. The molecule has 2 aliphatic rings. The molecular formula is C16H25N5O3S. The Morgan fingerprint density at radius 3 is 2.36 bits per heavy atom. The molecule has 25 heavy (non-hydrogen) atoms. The summed E-state index contributed by atoms with van der Waals surface area (Å²) in [5, 5.41) is 0. The molecule has 8 nitrogen and oxygen atoms in total. The molecule has 0 radical (unpaired) electrons. The number of rotatable bonds is 4. The minimum Gasteiger partial charge on any atom is -0.365 e. The van der Waals surface area contributed by atoms with Crippen molar-refractivity contribution in [1.29, 1.82) is 0 Å². The largest absolute Gasteiger partial charge is 0.365 e. The van der Waals surface area contributed by atoms with Gasteiger partial charge in [0.05, 0.1) is 5.56 Å². The number of primary amides is 1. The Morgan fingerprint density at radius 2 is 1.64 bits per heavy atom. The summed E-state index contributed by atoms with van der Waals surface area (Å²) in [6, 6.07) is 3.33. The first kappa shape index (κ1) is 18.1. The maximum atomic E-state index is 12.9. The molecule has 2 N–H and O–H groups in total. The predicted octanol–water partition coefficient (Wildman–Crippen LogP) is 0.423. The fraction of sp³-hybridized carbons (Fsp3) is 0.625. The summed E-state index contributed by atoms with van der Waals surface area (Å²) in [4.78, 5) is 17.9. The summed E-state index contributed by atoms with van der Waals surface area (Å²) in [5.74, 6) is 0.0114. The molecule has 2 saturated heterocycles. The molecule has 0 bridgehead atoms.